The smallest absolute Gasteiger partial charge is 0.123 e. The van der Waals surface area contributed by atoms with Crippen LogP contribution in [0.5, 0.6) is 0 Å². The largest absolute Gasteiger partial charge is 0.384 e. The van der Waals surface area contributed by atoms with E-state index in [1.165, 1.54) is 0 Å². The van der Waals surface area contributed by atoms with Crippen LogP contribution in [0.4, 0.5) is 5.82 Å². The van der Waals surface area contributed by atoms with Crippen LogP contribution in [-0.4, -0.2) is 11.7 Å². The van der Waals surface area contributed by atoms with Crippen molar-refractivity contribution >= 4 is 12.5 Å². The van der Waals surface area contributed by atoms with Crippen molar-refractivity contribution in [1.82, 2.24) is 4.98 Å². The fraction of sp³-hybridized carbons (Fsp3) is 0.250. The third-order valence-electron chi connectivity index (χ3n) is 0.688. The molecule has 0 aliphatic heterocycles. The van der Waals surface area contributed by atoms with Gasteiger partial charge in [0.05, 0.1) is 0 Å². The number of aromatic nitrogens is 1. The van der Waals surface area contributed by atoms with Crippen LogP contribution < -0.4 is 5.73 Å². The number of nitrogens with zero attached hydrogens (tertiary/aromatic N) is 1. The van der Waals surface area contributed by atoms with Gasteiger partial charge in [-0.3, -0.25) is 0 Å². The van der Waals surface area contributed by atoms with Crippen molar-refractivity contribution in [3.63, 3.8) is 0 Å². The van der Waals surface area contributed by atoms with Gasteiger partial charge >= 0.3 is 0 Å². The number of hydrogen-bond donors (Lipinski definition) is 2. The van der Waals surface area contributed by atoms with E-state index in [1.807, 2.05) is 26.0 Å². The van der Waals surface area contributed by atoms with Gasteiger partial charge in [0, 0.05) is 6.20 Å². The molecule has 3 N–H and O–H groups in total. The molecule has 62 valence electrons. The van der Waals surface area contributed by atoms with Crippen LogP contribution in [0.2, 0.25) is 0 Å². The summed E-state index contributed by atoms with van der Waals surface area (Å²) in [6, 6.07) is 5.43. The summed E-state index contributed by atoms with van der Waals surface area (Å²) in [5, 5.41) is 5.50. The predicted molar refractivity (Wildman–Crippen MR) is 49.8 cm³/mol. The first kappa shape index (κ1) is 12.3. The van der Waals surface area contributed by atoms with Gasteiger partial charge in [0.1, 0.15) is 5.82 Å². The molecule has 0 aliphatic carbocycles. The van der Waals surface area contributed by atoms with Gasteiger partial charge in [-0.15, -0.1) is 0 Å². The number of nitrogens with one attached hydrogen (secondary N) is 1. The van der Waals surface area contributed by atoms with Crippen molar-refractivity contribution in [1.29, 1.82) is 5.41 Å². The molecule has 0 spiro atoms. The first-order chi connectivity index (χ1) is 5.39. The summed E-state index contributed by atoms with van der Waals surface area (Å²) in [7, 11) is 0. The van der Waals surface area contributed by atoms with Crippen LogP contribution in [0.15, 0.2) is 24.4 Å². The lowest BCUT2D eigenvalue weighted by molar-refractivity contribution is 1.34. The normalized spacial score (nSPS) is 6.36. The molecule has 0 atom stereocenters. The molecule has 1 aromatic rings. The molecule has 0 unspecified atom stereocenters. The molecule has 0 radical (unpaired) electrons. The Morgan fingerprint density at radius 3 is 2.09 bits per heavy atom. The van der Waals surface area contributed by atoms with E-state index in [0.29, 0.717) is 5.82 Å². The lowest BCUT2D eigenvalue weighted by atomic mass is 10.5. The molecule has 0 saturated carbocycles. The van der Waals surface area contributed by atoms with Crippen molar-refractivity contribution in [3.8, 4) is 0 Å². The zero-order chi connectivity index (χ0) is 9.11. The second-order valence-corrected chi connectivity index (χ2v) is 1.25. The number of anilines is 1. The topological polar surface area (TPSA) is 62.8 Å². The quantitative estimate of drug-likeness (QED) is 0.559. The number of hydrogen-bond acceptors (Lipinski definition) is 3. The molecule has 0 amide bonds. The van der Waals surface area contributed by atoms with Crippen LogP contribution in [0, 0.1) is 5.41 Å². The zero-order valence-corrected chi connectivity index (χ0v) is 7.04. The third kappa shape index (κ3) is 8.62. The summed E-state index contributed by atoms with van der Waals surface area (Å²) in [4.78, 5) is 3.76. The van der Waals surface area contributed by atoms with Gasteiger partial charge in [-0.05, 0) is 18.9 Å². The second-order valence-electron chi connectivity index (χ2n) is 1.25. The fourth-order valence-corrected chi connectivity index (χ4v) is 0.376. The lowest BCUT2D eigenvalue weighted by Crippen LogP contribution is -1.85. The molecular weight excluding hydrogens is 138 g/mol. The molecule has 0 fully saturated rings. The second kappa shape index (κ2) is 11.4. The van der Waals surface area contributed by atoms with E-state index in [9.17, 15) is 0 Å². The first-order valence-corrected chi connectivity index (χ1v) is 3.41. The van der Waals surface area contributed by atoms with E-state index >= 15 is 0 Å². The minimum absolute atomic E-state index is 0.572. The van der Waals surface area contributed by atoms with Crippen LogP contribution in [0.25, 0.3) is 0 Å². The Hall–Kier alpha value is -1.38. The summed E-state index contributed by atoms with van der Waals surface area (Å²) in [5.74, 6) is 0.572. The maximum atomic E-state index is 5.50. The van der Waals surface area contributed by atoms with Crippen molar-refractivity contribution in [2.75, 3.05) is 5.73 Å². The number of rotatable bonds is 0. The molecule has 0 saturated heterocycles. The summed E-state index contributed by atoms with van der Waals surface area (Å²) in [6.07, 6.45) is 1.66. The molecule has 1 heterocycles. The van der Waals surface area contributed by atoms with Gasteiger partial charge < -0.3 is 11.1 Å². The van der Waals surface area contributed by atoms with E-state index in [1.54, 1.807) is 12.3 Å². The monoisotopic (exact) mass is 153 g/mol. The van der Waals surface area contributed by atoms with Gasteiger partial charge in [-0.2, -0.15) is 0 Å². The van der Waals surface area contributed by atoms with E-state index in [2.05, 4.69) is 11.7 Å². The van der Waals surface area contributed by atoms with Gasteiger partial charge in [0.25, 0.3) is 0 Å². The molecule has 0 aromatic carbocycles. The zero-order valence-electron chi connectivity index (χ0n) is 7.04. The van der Waals surface area contributed by atoms with E-state index in [4.69, 9.17) is 11.1 Å². The number of pyridine rings is 1. The van der Waals surface area contributed by atoms with E-state index < -0.39 is 0 Å². The Morgan fingerprint density at radius 2 is 1.91 bits per heavy atom. The summed E-state index contributed by atoms with van der Waals surface area (Å²) in [5.41, 5.74) is 5.25. The highest BCUT2D eigenvalue weighted by Crippen LogP contribution is 1.89. The molecular formula is C8H15N3. The molecule has 3 heteroatoms. The van der Waals surface area contributed by atoms with Crippen LogP contribution in [-0.2, 0) is 0 Å². The first-order valence-electron chi connectivity index (χ1n) is 3.41. The standard InChI is InChI=1S/C5H6N2.C2H6.CH3N/c6-5-3-1-2-4-7-5;2*1-2/h1-4H,(H2,6,7);1-2H3;2H,1H2. The van der Waals surface area contributed by atoms with Gasteiger partial charge in [0.15, 0.2) is 0 Å². The van der Waals surface area contributed by atoms with E-state index in [0.717, 1.165) is 0 Å². The Labute approximate surface area is 67.8 Å². The average Bonchev–Trinajstić information content (AvgIpc) is 2.13. The maximum absolute atomic E-state index is 5.50. The lowest BCUT2D eigenvalue weighted by Gasteiger charge is -1.82. The van der Waals surface area contributed by atoms with Crippen molar-refractivity contribution in [2.24, 2.45) is 0 Å². The Kier molecular flexibility index (Phi) is 12.8. The minimum atomic E-state index is 0.572. The highest BCUT2D eigenvalue weighted by Gasteiger charge is 1.73. The number of nitrogen functional groups attached to an aromatic ring is 1. The van der Waals surface area contributed by atoms with Gasteiger partial charge in [0.2, 0.25) is 0 Å². The van der Waals surface area contributed by atoms with Gasteiger partial charge in [-0.25, -0.2) is 4.98 Å². The fourth-order valence-electron chi connectivity index (χ4n) is 0.376. The van der Waals surface area contributed by atoms with Crippen LogP contribution in [0.1, 0.15) is 13.8 Å². The van der Waals surface area contributed by atoms with Gasteiger partial charge in [-0.1, -0.05) is 19.9 Å². The SMILES string of the molecule is C=N.CC.Nc1ccccn1. The third-order valence-corrected chi connectivity index (χ3v) is 0.688. The summed E-state index contributed by atoms with van der Waals surface area (Å²) >= 11 is 0. The summed E-state index contributed by atoms with van der Waals surface area (Å²) < 4.78 is 0. The van der Waals surface area contributed by atoms with Crippen LogP contribution in [0.3, 0.4) is 0 Å². The maximum Gasteiger partial charge on any atom is 0.123 e. The molecule has 1 rings (SSSR count). The minimum Gasteiger partial charge on any atom is -0.384 e. The molecule has 11 heavy (non-hydrogen) atoms. The van der Waals surface area contributed by atoms with Crippen molar-refractivity contribution in [3.05, 3.63) is 24.4 Å². The summed E-state index contributed by atoms with van der Waals surface area (Å²) in [6.45, 7) is 6.50. The predicted octanol–water partition coefficient (Wildman–Crippen LogP) is 1.96. The van der Waals surface area contributed by atoms with Crippen molar-refractivity contribution < 1.29 is 0 Å². The van der Waals surface area contributed by atoms with Crippen LogP contribution >= 0.6 is 0 Å². The Morgan fingerprint density at radius 1 is 1.36 bits per heavy atom. The molecule has 0 bridgehead atoms. The highest BCUT2D eigenvalue weighted by molar-refractivity contribution is 5.25. The number of nitrogens with two attached hydrogens (primary N) is 1. The highest BCUT2D eigenvalue weighted by atomic mass is 14.8. The Bertz CT molecular complexity index is 151. The Balaban J connectivity index is 0. The van der Waals surface area contributed by atoms with E-state index in [-0.39, 0.29) is 0 Å². The molecule has 3 nitrogen and oxygen atoms in total. The molecule has 1 aromatic heterocycles. The van der Waals surface area contributed by atoms with Crippen molar-refractivity contribution in [2.45, 2.75) is 13.8 Å². The molecule has 0 aliphatic rings. The average molecular weight is 153 g/mol.